The lowest BCUT2D eigenvalue weighted by atomic mass is 10.2. The van der Waals surface area contributed by atoms with Gasteiger partial charge in [-0.05, 0) is 43.5 Å². The second-order valence-electron chi connectivity index (χ2n) is 7.22. The van der Waals surface area contributed by atoms with E-state index in [9.17, 15) is 9.18 Å². The molecule has 0 N–H and O–H groups in total. The lowest BCUT2D eigenvalue weighted by molar-refractivity contribution is -0.116. The van der Waals surface area contributed by atoms with Crippen LogP contribution in [-0.4, -0.2) is 32.5 Å². The summed E-state index contributed by atoms with van der Waals surface area (Å²) < 4.78 is 16.3. The molecular weight excluding hydrogens is 411 g/mol. The van der Waals surface area contributed by atoms with E-state index in [0.29, 0.717) is 34.5 Å². The summed E-state index contributed by atoms with van der Waals surface area (Å²) in [6, 6.07) is 14.2. The maximum atomic E-state index is 14.3. The highest BCUT2D eigenvalue weighted by Crippen LogP contribution is 2.43. The number of carbonyl (C=O) groups excluding carboxylic acids is 1. The molecule has 2 fully saturated rings. The van der Waals surface area contributed by atoms with Gasteiger partial charge in [-0.2, -0.15) is 0 Å². The zero-order valence-corrected chi connectivity index (χ0v) is 17.0. The second kappa shape index (κ2) is 7.46. The number of rotatable bonds is 5. The highest BCUT2D eigenvalue weighted by molar-refractivity contribution is 8.00. The molecule has 0 radical (unpaired) electrons. The van der Waals surface area contributed by atoms with Crippen molar-refractivity contribution in [2.24, 2.45) is 0 Å². The summed E-state index contributed by atoms with van der Waals surface area (Å²) in [6.45, 7) is 0.609. The van der Waals surface area contributed by atoms with E-state index in [1.54, 1.807) is 29.2 Å². The summed E-state index contributed by atoms with van der Waals surface area (Å²) in [4.78, 5) is 14.8. The topological polar surface area (TPSA) is 51.0 Å². The quantitative estimate of drug-likeness (QED) is 0.575. The summed E-state index contributed by atoms with van der Waals surface area (Å²) in [5.41, 5.74) is 1.17. The van der Waals surface area contributed by atoms with Crippen molar-refractivity contribution in [2.75, 3.05) is 11.4 Å². The van der Waals surface area contributed by atoms with Crippen molar-refractivity contribution >= 4 is 35.0 Å². The van der Waals surface area contributed by atoms with Crippen LogP contribution in [0.3, 0.4) is 0 Å². The fourth-order valence-corrected chi connectivity index (χ4v) is 5.03. The molecule has 1 saturated carbocycles. The van der Waals surface area contributed by atoms with Gasteiger partial charge in [0, 0.05) is 12.6 Å². The molecule has 3 aromatic rings. The summed E-state index contributed by atoms with van der Waals surface area (Å²) in [5.74, 6) is 0.225. The van der Waals surface area contributed by atoms with Crippen LogP contribution >= 0.6 is 23.4 Å². The maximum Gasteiger partial charge on any atom is 0.240 e. The number of para-hydroxylation sites is 1. The van der Waals surface area contributed by atoms with E-state index >= 15 is 0 Å². The number of benzene rings is 2. The Bertz CT molecular complexity index is 1080. The van der Waals surface area contributed by atoms with Crippen LogP contribution in [0.15, 0.2) is 53.7 Å². The first-order valence-electron chi connectivity index (χ1n) is 9.56. The summed E-state index contributed by atoms with van der Waals surface area (Å²) in [7, 11) is 0. The lowest BCUT2D eigenvalue weighted by Crippen LogP contribution is -2.28. The van der Waals surface area contributed by atoms with Gasteiger partial charge in [0.05, 0.1) is 21.5 Å². The normalized spacial score (nSPS) is 19.2. The number of nitrogens with zero attached hydrogens (tertiary/aromatic N) is 4. The van der Waals surface area contributed by atoms with Gasteiger partial charge in [0.15, 0.2) is 11.0 Å². The molecule has 0 spiro atoms. The molecule has 148 valence electrons. The standard InChI is InChI=1S/C21H18ClFN4OS/c22-15-6-2-4-8-17(15)26-12-11-18(20(26)28)29-21-25-24-19(27(21)13-9-10-13)14-5-1-3-7-16(14)23/h1-8,13,18H,9-12H2. The molecule has 1 atom stereocenters. The Balaban J connectivity index is 1.43. The molecular formula is C21H18ClFN4OS. The Morgan fingerprint density at radius 3 is 2.55 bits per heavy atom. The van der Waals surface area contributed by atoms with E-state index in [4.69, 9.17) is 11.6 Å². The average Bonchev–Trinajstić information content (AvgIpc) is 3.39. The lowest BCUT2D eigenvalue weighted by Gasteiger charge is -2.18. The van der Waals surface area contributed by atoms with Crippen molar-refractivity contribution in [3.8, 4) is 11.4 Å². The van der Waals surface area contributed by atoms with Gasteiger partial charge >= 0.3 is 0 Å². The molecule has 1 saturated heterocycles. The predicted octanol–water partition coefficient (Wildman–Crippen LogP) is 4.97. The monoisotopic (exact) mass is 428 g/mol. The summed E-state index contributed by atoms with van der Waals surface area (Å²) >= 11 is 7.69. The molecule has 2 aromatic carbocycles. The van der Waals surface area contributed by atoms with Crippen molar-refractivity contribution < 1.29 is 9.18 Å². The number of hydrogen-bond acceptors (Lipinski definition) is 4. The van der Waals surface area contributed by atoms with Gasteiger partial charge in [-0.25, -0.2) is 4.39 Å². The summed E-state index contributed by atoms with van der Waals surface area (Å²) in [5, 5.41) is 9.57. The minimum absolute atomic E-state index is 0.0147. The van der Waals surface area contributed by atoms with Gasteiger partial charge < -0.3 is 4.90 Å². The third-order valence-electron chi connectivity index (χ3n) is 5.24. The van der Waals surface area contributed by atoms with Crippen LogP contribution < -0.4 is 4.90 Å². The molecule has 2 heterocycles. The zero-order chi connectivity index (χ0) is 20.0. The van der Waals surface area contributed by atoms with Crippen molar-refractivity contribution in [1.82, 2.24) is 14.8 Å². The number of halogens is 2. The first kappa shape index (κ1) is 18.6. The first-order chi connectivity index (χ1) is 14.1. The van der Waals surface area contributed by atoms with Crippen LogP contribution in [0, 0.1) is 5.82 Å². The van der Waals surface area contributed by atoms with Gasteiger partial charge in [-0.3, -0.25) is 9.36 Å². The van der Waals surface area contributed by atoms with Crippen LogP contribution in [0.2, 0.25) is 5.02 Å². The first-order valence-corrected chi connectivity index (χ1v) is 10.8. The molecule has 1 aliphatic carbocycles. The third-order valence-corrected chi connectivity index (χ3v) is 6.77. The minimum Gasteiger partial charge on any atom is -0.310 e. The molecule has 1 amide bonds. The van der Waals surface area contributed by atoms with Crippen molar-refractivity contribution in [1.29, 1.82) is 0 Å². The summed E-state index contributed by atoms with van der Waals surface area (Å²) in [6.07, 6.45) is 2.72. The van der Waals surface area contributed by atoms with E-state index in [2.05, 4.69) is 10.2 Å². The Labute approximate surface area is 176 Å². The van der Waals surface area contributed by atoms with Crippen molar-refractivity contribution in [3.63, 3.8) is 0 Å². The van der Waals surface area contributed by atoms with Gasteiger partial charge in [0.2, 0.25) is 5.91 Å². The molecule has 1 unspecified atom stereocenters. The van der Waals surface area contributed by atoms with Crippen LogP contribution in [0.25, 0.3) is 11.4 Å². The number of anilines is 1. The zero-order valence-electron chi connectivity index (χ0n) is 15.5. The van der Waals surface area contributed by atoms with Crippen LogP contribution in [0.1, 0.15) is 25.3 Å². The molecule has 29 heavy (non-hydrogen) atoms. The van der Waals surface area contributed by atoms with Gasteiger partial charge in [0.1, 0.15) is 5.82 Å². The molecule has 0 bridgehead atoms. The fraction of sp³-hybridized carbons (Fsp3) is 0.286. The number of hydrogen-bond donors (Lipinski definition) is 0. The Morgan fingerprint density at radius 1 is 1.03 bits per heavy atom. The van der Waals surface area contributed by atoms with Gasteiger partial charge in [-0.1, -0.05) is 47.6 Å². The second-order valence-corrected chi connectivity index (χ2v) is 8.80. The molecule has 5 rings (SSSR count). The fourth-order valence-electron chi connectivity index (χ4n) is 3.65. The van der Waals surface area contributed by atoms with E-state index in [1.807, 2.05) is 22.8 Å². The molecule has 1 aliphatic heterocycles. The molecule has 5 nitrogen and oxygen atoms in total. The van der Waals surface area contributed by atoms with Crippen LogP contribution in [-0.2, 0) is 4.79 Å². The smallest absolute Gasteiger partial charge is 0.240 e. The highest BCUT2D eigenvalue weighted by Gasteiger charge is 2.37. The van der Waals surface area contributed by atoms with E-state index in [0.717, 1.165) is 18.5 Å². The van der Waals surface area contributed by atoms with Crippen LogP contribution in [0.4, 0.5) is 10.1 Å². The number of thioether (sulfide) groups is 1. The van der Waals surface area contributed by atoms with Gasteiger partial charge in [0.25, 0.3) is 0 Å². The van der Waals surface area contributed by atoms with E-state index < -0.39 is 0 Å². The van der Waals surface area contributed by atoms with E-state index in [1.165, 1.54) is 17.8 Å². The maximum absolute atomic E-state index is 14.3. The molecule has 2 aliphatic rings. The number of carbonyl (C=O) groups is 1. The van der Waals surface area contributed by atoms with Crippen molar-refractivity contribution in [3.05, 3.63) is 59.4 Å². The minimum atomic E-state index is -0.319. The Kier molecular flexibility index (Phi) is 4.80. The highest BCUT2D eigenvalue weighted by atomic mass is 35.5. The number of amides is 1. The molecule has 1 aromatic heterocycles. The SMILES string of the molecule is O=C1C(Sc2nnc(-c3ccccc3F)n2C2CC2)CCN1c1ccccc1Cl. The van der Waals surface area contributed by atoms with Gasteiger partial charge in [-0.15, -0.1) is 10.2 Å². The third kappa shape index (κ3) is 3.42. The van der Waals surface area contributed by atoms with Crippen LogP contribution in [0.5, 0.6) is 0 Å². The van der Waals surface area contributed by atoms with Crippen molar-refractivity contribution in [2.45, 2.75) is 35.7 Å². The Hall–Kier alpha value is -2.38. The largest absolute Gasteiger partial charge is 0.310 e. The number of aromatic nitrogens is 3. The molecule has 8 heteroatoms. The van der Waals surface area contributed by atoms with E-state index in [-0.39, 0.29) is 23.0 Å². The average molecular weight is 429 g/mol. The Morgan fingerprint density at radius 2 is 1.79 bits per heavy atom. The predicted molar refractivity (Wildman–Crippen MR) is 112 cm³/mol.